The average Bonchev–Trinajstić information content (AvgIpc) is 2.85. The summed E-state index contributed by atoms with van der Waals surface area (Å²) in [6.07, 6.45) is 0. The fraction of sp³-hybridized carbons (Fsp3) is 0.259. The molecule has 3 aromatic rings. The van der Waals surface area contributed by atoms with E-state index in [1.54, 1.807) is 48.5 Å². The standard InChI is InChI=1S/C27H32N4O3/c1-4-31(5-2)19-18-28-26(32)21-8-10-22(11-9-21)29-27(33)30-23-12-16-25(17-13-23)34-24-14-6-20(3)7-15-24/h6-17H,4-5,18-19H2,1-3H3,(H,28,32)(H2,29,30,33). The highest BCUT2D eigenvalue weighted by Gasteiger charge is 2.08. The van der Waals surface area contributed by atoms with E-state index in [0.717, 1.165) is 25.4 Å². The molecule has 7 nitrogen and oxygen atoms in total. The maximum atomic E-state index is 12.3. The second-order valence-corrected chi connectivity index (χ2v) is 7.88. The summed E-state index contributed by atoms with van der Waals surface area (Å²) < 4.78 is 5.80. The van der Waals surface area contributed by atoms with E-state index in [4.69, 9.17) is 4.74 Å². The fourth-order valence-electron chi connectivity index (χ4n) is 3.32. The number of urea groups is 1. The number of likely N-dealkylation sites (N-methyl/N-ethyl adjacent to an activating group) is 1. The number of carbonyl (C=O) groups excluding carboxylic acids is 2. The summed E-state index contributed by atoms with van der Waals surface area (Å²) in [5.74, 6) is 1.31. The molecule has 7 heteroatoms. The van der Waals surface area contributed by atoms with Crippen LogP contribution in [-0.4, -0.2) is 43.0 Å². The van der Waals surface area contributed by atoms with Gasteiger partial charge >= 0.3 is 6.03 Å². The molecule has 0 saturated carbocycles. The number of nitrogens with zero attached hydrogens (tertiary/aromatic N) is 1. The summed E-state index contributed by atoms with van der Waals surface area (Å²) in [5, 5.41) is 8.48. The first kappa shape index (κ1) is 24.8. The third-order valence-electron chi connectivity index (χ3n) is 5.38. The Bertz CT molecular complexity index is 1060. The normalized spacial score (nSPS) is 10.6. The number of nitrogens with one attached hydrogen (secondary N) is 3. The van der Waals surface area contributed by atoms with Crippen LogP contribution in [0.2, 0.25) is 0 Å². The quantitative estimate of drug-likeness (QED) is 0.373. The number of amides is 3. The molecule has 3 N–H and O–H groups in total. The van der Waals surface area contributed by atoms with Gasteiger partial charge in [0.25, 0.3) is 5.91 Å². The summed E-state index contributed by atoms with van der Waals surface area (Å²) in [6.45, 7) is 9.55. The minimum atomic E-state index is -0.372. The largest absolute Gasteiger partial charge is 0.457 e. The summed E-state index contributed by atoms with van der Waals surface area (Å²) in [5.41, 5.74) is 2.95. The van der Waals surface area contributed by atoms with E-state index in [-0.39, 0.29) is 11.9 Å². The summed E-state index contributed by atoms with van der Waals surface area (Å²) in [4.78, 5) is 26.9. The van der Waals surface area contributed by atoms with E-state index in [1.165, 1.54) is 5.56 Å². The number of anilines is 2. The van der Waals surface area contributed by atoms with Crippen LogP contribution < -0.4 is 20.7 Å². The summed E-state index contributed by atoms with van der Waals surface area (Å²) in [6, 6.07) is 21.4. The van der Waals surface area contributed by atoms with Gasteiger partial charge in [0.1, 0.15) is 11.5 Å². The van der Waals surface area contributed by atoms with Crippen LogP contribution in [0.25, 0.3) is 0 Å². The maximum Gasteiger partial charge on any atom is 0.323 e. The van der Waals surface area contributed by atoms with Crippen LogP contribution in [0.5, 0.6) is 11.5 Å². The zero-order valence-corrected chi connectivity index (χ0v) is 19.9. The minimum Gasteiger partial charge on any atom is -0.457 e. The van der Waals surface area contributed by atoms with Crippen LogP contribution in [0, 0.1) is 6.92 Å². The van der Waals surface area contributed by atoms with E-state index in [2.05, 4.69) is 34.7 Å². The Morgan fingerprint density at radius 1 is 0.765 bits per heavy atom. The highest BCUT2D eigenvalue weighted by molar-refractivity contribution is 6.00. The molecule has 0 unspecified atom stereocenters. The zero-order chi connectivity index (χ0) is 24.3. The van der Waals surface area contributed by atoms with Crippen LogP contribution in [0.3, 0.4) is 0 Å². The molecule has 0 bridgehead atoms. The molecule has 34 heavy (non-hydrogen) atoms. The molecule has 0 spiro atoms. The molecule has 0 aliphatic rings. The second-order valence-electron chi connectivity index (χ2n) is 7.88. The van der Waals surface area contributed by atoms with Crippen LogP contribution in [0.15, 0.2) is 72.8 Å². The topological polar surface area (TPSA) is 82.7 Å². The molecule has 3 amide bonds. The van der Waals surface area contributed by atoms with Crippen molar-refractivity contribution >= 4 is 23.3 Å². The Balaban J connectivity index is 1.46. The number of rotatable bonds is 10. The van der Waals surface area contributed by atoms with Crippen molar-refractivity contribution in [1.82, 2.24) is 10.2 Å². The van der Waals surface area contributed by atoms with Crippen LogP contribution >= 0.6 is 0 Å². The summed E-state index contributed by atoms with van der Waals surface area (Å²) in [7, 11) is 0. The smallest absolute Gasteiger partial charge is 0.323 e. The Morgan fingerprint density at radius 3 is 1.79 bits per heavy atom. The Labute approximate surface area is 201 Å². The van der Waals surface area contributed by atoms with Crippen molar-refractivity contribution in [2.45, 2.75) is 20.8 Å². The summed E-state index contributed by atoms with van der Waals surface area (Å²) >= 11 is 0. The molecule has 0 atom stereocenters. The highest BCUT2D eigenvalue weighted by Crippen LogP contribution is 2.23. The van der Waals surface area contributed by atoms with Gasteiger partial charge in [-0.25, -0.2) is 4.79 Å². The monoisotopic (exact) mass is 460 g/mol. The maximum absolute atomic E-state index is 12.3. The van der Waals surface area contributed by atoms with Gasteiger partial charge in [-0.2, -0.15) is 0 Å². The van der Waals surface area contributed by atoms with Gasteiger partial charge in [0, 0.05) is 30.0 Å². The number of ether oxygens (including phenoxy) is 1. The van der Waals surface area contributed by atoms with Gasteiger partial charge in [-0.05, 0) is 80.7 Å². The van der Waals surface area contributed by atoms with Gasteiger partial charge in [0.05, 0.1) is 0 Å². The Kier molecular flexibility index (Phi) is 9.05. The van der Waals surface area contributed by atoms with Gasteiger partial charge < -0.3 is 25.6 Å². The van der Waals surface area contributed by atoms with Crippen LogP contribution in [0.1, 0.15) is 29.8 Å². The van der Waals surface area contributed by atoms with Crippen LogP contribution in [-0.2, 0) is 0 Å². The Morgan fingerprint density at radius 2 is 1.26 bits per heavy atom. The van der Waals surface area contributed by atoms with Crippen molar-refractivity contribution in [3.8, 4) is 11.5 Å². The predicted octanol–water partition coefficient (Wildman–Crippen LogP) is 5.50. The van der Waals surface area contributed by atoms with E-state index in [9.17, 15) is 9.59 Å². The van der Waals surface area contributed by atoms with Crippen LogP contribution in [0.4, 0.5) is 16.2 Å². The van der Waals surface area contributed by atoms with Crippen molar-refractivity contribution in [3.63, 3.8) is 0 Å². The molecule has 3 rings (SSSR count). The molecule has 178 valence electrons. The third-order valence-corrected chi connectivity index (χ3v) is 5.38. The minimum absolute atomic E-state index is 0.129. The molecule has 0 aromatic heterocycles. The molecule has 0 aliphatic carbocycles. The SMILES string of the molecule is CCN(CC)CCNC(=O)c1ccc(NC(=O)Nc2ccc(Oc3ccc(C)cc3)cc2)cc1. The van der Waals surface area contributed by atoms with Gasteiger partial charge in [-0.3, -0.25) is 4.79 Å². The first-order valence-corrected chi connectivity index (χ1v) is 11.5. The van der Waals surface area contributed by atoms with Crippen molar-refractivity contribution in [1.29, 1.82) is 0 Å². The van der Waals surface area contributed by atoms with Gasteiger partial charge in [-0.1, -0.05) is 31.5 Å². The average molecular weight is 461 g/mol. The molecular weight excluding hydrogens is 428 g/mol. The second kappa shape index (κ2) is 12.4. The van der Waals surface area contributed by atoms with E-state index >= 15 is 0 Å². The lowest BCUT2D eigenvalue weighted by atomic mass is 10.2. The Hall–Kier alpha value is -3.84. The number of aryl methyl sites for hydroxylation is 1. The lowest BCUT2D eigenvalue weighted by Crippen LogP contribution is -2.34. The lowest BCUT2D eigenvalue weighted by molar-refractivity contribution is 0.0949. The molecular formula is C27H32N4O3. The third kappa shape index (κ3) is 7.64. The predicted molar refractivity (Wildman–Crippen MR) is 137 cm³/mol. The van der Waals surface area contributed by atoms with E-state index in [1.807, 2.05) is 31.2 Å². The van der Waals surface area contributed by atoms with Crippen molar-refractivity contribution < 1.29 is 14.3 Å². The fourth-order valence-corrected chi connectivity index (χ4v) is 3.32. The van der Waals surface area contributed by atoms with Gasteiger partial charge in [0.2, 0.25) is 0 Å². The lowest BCUT2D eigenvalue weighted by Gasteiger charge is -2.18. The number of hydrogen-bond acceptors (Lipinski definition) is 4. The number of benzene rings is 3. The molecule has 0 saturated heterocycles. The van der Waals surface area contributed by atoms with Crippen molar-refractivity contribution in [3.05, 3.63) is 83.9 Å². The molecule has 0 radical (unpaired) electrons. The van der Waals surface area contributed by atoms with Crippen molar-refractivity contribution in [2.75, 3.05) is 36.8 Å². The molecule has 0 aliphatic heterocycles. The van der Waals surface area contributed by atoms with E-state index < -0.39 is 0 Å². The van der Waals surface area contributed by atoms with Gasteiger partial charge in [0.15, 0.2) is 0 Å². The van der Waals surface area contributed by atoms with Gasteiger partial charge in [-0.15, -0.1) is 0 Å². The zero-order valence-electron chi connectivity index (χ0n) is 19.9. The van der Waals surface area contributed by atoms with E-state index in [0.29, 0.717) is 29.2 Å². The number of carbonyl (C=O) groups is 2. The molecule has 3 aromatic carbocycles. The van der Waals surface area contributed by atoms with Crippen molar-refractivity contribution in [2.24, 2.45) is 0 Å². The first-order valence-electron chi connectivity index (χ1n) is 11.5. The highest BCUT2D eigenvalue weighted by atomic mass is 16.5. The first-order chi connectivity index (χ1) is 16.5. The number of hydrogen-bond donors (Lipinski definition) is 3. The molecule has 0 fully saturated rings. The molecule has 0 heterocycles.